The van der Waals surface area contributed by atoms with E-state index in [2.05, 4.69) is 41.4 Å². The second-order valence-corrected chi connectivity index (χ2v) is 7.34. The molecule has 5 nitrogen and oxygen atoms in total. The summed E-state index contributed by atoms with van der Waals surface area (Å²) in [6.07, 6.45) is 3.57. The van der Waals surface area contributed by atoms with E-state index in [1.807, 2.05) is 12.1 Å². The number of rotatable bonds is 4. The summed E-state index contributed by atoms with van der Waals surface area (Å²) in [5.74, 6) is 1.13. The standard InChI is InChI=1S/C21H26N2O3/c1-15-4-6-16(7-5-15)23-10-8-20-19(14-23)18(9-12-26-20)21(24)22-13-17-3-2-11-25-17/h2-7,11,18-20H,8-10,12-14H2,1H3,(H,22,24)/t18-,19-,20-/m0/s1. The van der Waals surface area contributed by atoms with Crippen LogP contribution in [0.15, 0.2) is 47.1 Å². The van der Waals surface area contributed by atoms with Gasteiger partial charge in [-0.1, -0.05) is 17.7 Å². The molecule has 0 aliphatic carbocycles. The second kappa shape index (κ2) is 7.54. The Kier molecular flexibility index (Phi) is 4.98. The van der Waals surface area contributed by atoms with Gasteiger partial charge in [0, 0.05) is 37.2 Å². The van der Waals surface area contributed by atoms with Gasteiger partial charge in [-0.25, -0.2) is 0 Å². The number of furan rings is 1. The predicted molar refractivity (Wildman–Crippen MR) is 99.9 cm³/mol. The minimum Gasteiger partial charge on any atom is -0.467 e. The second-order valence-electron chi connectivity index (χ2n) is 7.34. The molecule has 2 fully saturated rings. The maximum Gasteiger partial charge on any atom is 0.224 e. The van der Waals surface area contributed by atoms with Crippen LogP contribution < -0.4 is 10.2 Å². The lowest BCUT2D eigenvalue weighted by molar-refractivity contribution is -0.137. The molecule has 138 valence electrons. The Bertz CT molecular complexity index is 726. The Morgan fingerprint density at radius 2 is 2.08 bits per heavy atom. The molecule has 2 aliphatic heterocycles. The molecule has 26 heavy (non-hydrogen) atoms. The van der Waals surface area contributed by atoms with Crippen LogP contribution in [-0.2, 0) is 16.1 Å². The summed E-state index contributed by atoms with van der Waals surface area (Å²) in [6, 6.07) is 12.4. The molecule has 0 unspecified atom stereocenters. The number of hydrogen-bond acceptors (Lipinski definition) is 4. The minimum atomic E-state index is -0.00281. The van der Waals surface area contributed by atoms with E-state index in [1.165, 1.54) is 11.3 Å². The molecule has 4 rings (SSSR count). The van der Waals surface area contributed by atoms with Gasteiger partial charge in [-0.3, -0.25) is 4.79 Å². The lowest BCUT2D eigenvalue weighted by atomic mass is 9.79. The van der Waals surface area contributed by atoms with Gasteiger partial charge in [0.2, 0.25) is 5.91 Å². The largest absolute Gasteiger partial charge is 0.467 e. The number of anilines is 1. The fourth-order valence-electron chi connectivity index (χ4n) is 4.15. The van der Waals surface area contributed by atoms with Gasteiger partial charge < -0.3 is 19.4 Å². The number of benzene rings is 1. The van der Waals surface area contributed by atoms with Crippen LogP contribution in [0.25, 0.3) is 0 Å². The van der Waals surface area contributed by atoms with Gasteiger partial charge in [0.25, 0.3) is 0 Å². The van der Waals surface area contributed by atoms with Crippen molar-refractivity contribution in [2.75, 3.05) is 24.6 Å². The Labute approximate surface area is 154 Å². The highest BCUT2D eigenvalue weighted by atomic mass is 16.5. The number of nitrogens with zero attached hydrogens (tertiary/aromatic N) is 1. The van der Waals surface area contributed by atoms with Crippen LogP contribution >= 0.6 is 0 Å². The highest BCUT2D eigenvalue weighted by Crippen LogP contribution is 2.35. The number of nitrogens with one attached hydrogen (secondary N) is 1. The Morgan fingerprint density at radius 3 is 2.85 bits per heavy atom. The smallest absolute Gasteiger partial charge is 0.224 e. The number of fused-ring (bicyclic) bond motifs is 1. The number of amides is 1. The summed E-state index contributed by atoms with van der Waals surface area (Å²) in [6.45, 7) is 5.06. The molecule has 1 aromatic heterocycles. The van der Waals surface area contributed by atoms with Gasteiger partial charge >= 0.3 is 0 Å². The molecule has 2 aromatic rings. The van der Waals surface area contributed by atoms with Gasteiger partial charge in [-0.05, 0) is 44.0 Å². The summed E-state index contributed by atoms with van der Waals surface area (Å²) in [5, 5.41) is 3.04. The predicted octanol–water partition coefficient (Wildman–Crippen LogP) is 3.14. The van der Waals surface area contributed by atoms with E-state index in [-0.39, 0.29) is 23.8 Å². The van der Waals surface area contributed by atoms with Crippen molar-refractivity contribution in [2.24, 2.45) is 11.8 Å². The maximum absolute atomic E-state index is 12.8. The molecule has 5 heteroatoms. The third-order valence-corrected chi connectivity index (χ3v) is 5.62. The fourth-order valence-corrected chi connectivity index (χ4v) is 4.15. The zero-order chi connectivity index (χ0) is 17.9. The number of ether oxygens (including phenoxy) is 1. The number of aryl methyl sites for hydroxylation is 1. The third-order valence-electron chi connectivity index (χ3n) is 5.62. The van der Waals surface area contributed by atoms with Crippen molar-refractivity contribution in [1.82, 2.24) is 5.32 Å². The van der Waals surface area contributed by atoms with Crippen molar-refractivity contribution in [3.63, 3.8) is 0 Å². The molecule has 2 aliphatic rings. The van der Waals surface area contributed by atoms with Crippen molar-refractivity contribution in [1.29, 1.82) is 0 Å². The SMILES string of the molecule is Cc1ccc(N2CC[C@@H]3OCC[C@H](C(=O)NCc4ccco4)[C@@H]3C2)cc1. The average molecular weight is 354 g/mol. The third kappa shape index (κ3) is 3.63. The van der Waals surface area contributed by atoms with Gasteiger partial charge in [0.15, 0.2) is 0 Å². The van der Waals surface area contributed by atoms with Crippen LogP contribution in [0.3, 0.4) is 0 Å². The highest BCUT2D eigenvalue weighted by molar-refractivity contribution is 5.79. The molecule has 1 N–H and O–H groups in total. The van der Waals surface area contributed by atoms with Gasteiger partial charge in [-0.2, -0.15) is 0 Å². The van der Waals surface area contributed by atoms with Crippen LogP contribution in [0.1, 0.15) is 24.2 Å². The molecule has 3 heterocycles. The lowest BCUT2D eigenvalue weighted by Gasteiger charge is -2.45. The first-order valence-electron chi connectivity index (χ1n) is 9.44. The van der Waals surface area contributed by atoms with E-state index < -0.39 is 0 Å². The van der Waals surface area contributed by atoms with Gasteiger partial charge in [0.1, 0.15) is 5.76 Å². The highest BCUT2D eigenvalue weighted by Gasteiger charge is 2.41. The Hall–Kier alpha value is -2.27. The number of carbonyl (C=O) groups excluding carboxylic acids is 1. The summed E-state index contributed by atoms with van der Waals surface area (Å²) in [7, 11) is 0. The van der Waals surface area contributed by atoms with Crippen molar-refractivity contribution in [3.8, 4) is 0 Å². The van der Waals surface area contributed by atoms with Crippen LogP contribution in [0.2, 0.25) is 0 Å². The van der Waals surface area contributed by atoms with E-state index >= 15 is 0 Å². The normalized spacial score (nSPS) is 25.6. The Balaban J connectivity index is 1.43. The quantitative estimate of drug-likeness (QED) is 0.916. The molecule has 1 aromatic carbocycles. The monoisotopic (exact) mass is 354 g/mol. The molecule has 3 atom stereocenters. The molecule has 0 spiro atoms. The summed E-state index contributed by atoms with van der Waals surface area (Å²) in [4.78, 5) is 15.2. The number of carbonyl (C=O) groups is 1. The van der Waals surface area contributed by atoms with Crippen molar-refractivity contribution < 1.29 is 13.9 Å². The molecule has 1 amide bonds. The summed E-state index contributed by atoms with van der Waals surface area (Å²) in [5.41, 5.74) is 2.49. The Morgan fingerprint density at radius 1 is 1.23 bits per heavy atom. The van der Waals surface area contributed by atoms with Gasteiger partial charge in [-0.15, -0.1) is 0 Å². The van der Waals surface area contributed by atoms with E-state index in [1.54, 1.807) is 6.26 Å². The topological polar surface area (TPSA) is 54.7 Å². The van der Waals surface area contributed by atoms with Gasteiger partial charge in [0.05, 0.1) is 18.9 Å². The average Bonchev–Trinajstić information content (AvgIpc) is 3.19. The molecular formula is C21H26N2O3. The molecule has 2 saturated heterocycles. The van der Waals surface area contributed by atoms with Crippen LogP contribution in [-0.4, -0.2) is 31.7 Å². The zero-order valence-corrected chi connectivity index (χ0v) is 15.2. The van der Waals surface area contributed by atoms with Crippen molar-refractivity contribution in [2.45, 2.75) is 32.4 Å². The fraction of sp³-hybridized carbons (Fsp3) is 0.476. The number of hydrogen-bond donors (Lipinski definition) is 1. The minimum absolute atomic E-state index is 0.00281. The molecular weight excluding hydrogens is 328 g/mol. The number of piperidine rings is 1. The maximum atomic E-state index is 12.8. The summed E-state index contributed by atoms with van der Waals surface area (Å²) >= 11 is 0. The first kappa shape index (κ1) is 17.2. The molecule has 0 saturated carbocycles. The summed E-state index contributed by atoms with van der Waals surface area (Å²) < 4.78 is 11.3. The van der Waals surface area contributed by atoms with E-state index in [0.29, 0.717) is 13.2 Å². The van der Waals surface area contributed by atoms with Crippen molar-refractivity contribution >= 4 is 11.6 Å². The van der Waals surface area contributed by atoms with E-state index in [9.17, 15) is 4.79 Å². The lowest BCUT2D eigenvalue weighted by Crippen LogP contribution is -2.53. The first-order chi connectivity index (χ1) is 12.7. The molecule has 0 bridgehead atoms. The van der Waals surface area contributed by atoms with Crippen LogP contribution in [0, 0.1) is 18.8 Å². The van der Waals surface area contributed by atoms with E-state index in [0.717, 1.165) is 31.7 Å². The van der Waals surface area contributed by atoms with Crippen molar-refractivity contribution in [3.05, 3.63) is 54.0 Å². The first-order valence-corrected chi connectivity index (χ1v) is 9.44. The van der Waals surface area contributed by atoms with E-state index in [4.69, 9.17) is 9.15 Å². The molecule has 0 radical (unpaired) electrons. The van der Waals surface area contributed by atoms with Crippen LogP contribution in [0.5, 0.6) is 0 Å². The van der Waals surface area contributed by atoms with Crippen LogP contribution in [0.4, 0.5) is 5.69 Å². The zero-order valence-electron chi connectivity index (χ0n) is 15.2.